The number of H-pyrrole nitrogens is 1. The van der Waals surface area contributed by atoms with Crippen LogP contribution in [0.1, 0.15) is 37.9 Å². The number of carbonyl (C=O) groups is 3. The third-order valence-electron chi connectivity index (χ3n) is 5.45. The van der Waals surface area contributed by atoms with Crippen LogP contribution in [0.4, 0.5) is 4.79 Å². The molecule has 0 atom stereocenters. The first kappa shape index (κ1) is 17.6. The summed E-state index contributed by atoms with van der Waals surface area (Å²) in [6.45, 7) is 4.94. The van der Waals surface area contributed by atoms with Crippen molar-refractivity contribution in [2.75, 3.05) is 13.1 Å². The summed E-state index contributed by atoms with van der Waals surface area (Å²) in [7, 11) is 0. The molecule has 4 amide bonds. The van der Waals surface area contributed by atoms with E-state index in [2.05, 4.69) is 22.4 Å². The van der Waals surface area contributed by atoms with Crippen molar-refractivity contribution in [1.82, 2.24) is 20.1 Å². The van der Waals surface area contributed by atoms with E-state index in [-0.39, 0.29) is 24.4 Å². The number of nitrogens with zero attached hydrogens (tertiary/aromatic N) is 2. The normalized spacial score (nSPS) is 18.7. The molecule has 0 unspecified atom stereocenters. The number of urea groups is 1. The third kappa shape index (κ3) is 3.07. The van der Waals surface area contributed by atoms with E-state index < -0.39 is 5.54 Å². The number of rotatable bonds is 4. The van der Waals surface area contributed by atoms with E-state index >= 15 is 0 Å². The maximum Gasteiger partial charge on any atom is 0.325 e. The predicted molar refractivity (Wildman–Crippen MR) is 101 cm³/mol. The zero-order chi connectivity index (χ0) is 19.2. The van der Waals surface area contributed by atoms with E-state index in [1.54, 1.807) is 13.8 Å². The number of nitrogens with one attached hydrogen (secondary N) is 2. The molecule has 1 aromatic carbocycles. The SMILES string of the molecule is CC1(C)NC(=O)N(CCCC(=O)N2CCc3[nH]c4ccccc4c3C2)C1=O. The summed E-state index contributed by atoms with van der Waals surface area (Å²) in [4.78, 5) is 43.3. The Morgan fingerprint density at radius 2 is 2.00 bits per heavy atom. The fourth-order valence-electron chi connectivity index (χ4n) is 3.95. The molecule has 0 spiro atoms. The van der Waals surface area contributed by atoms with Crippen molar-refractivity contribution in [2.24, 2.45) is 0 Å². The van der Waals surface area contributed by atoms with Crippen molar-refractivity contribution in [2.45, 2.75) is 45.2 Å². The standard InChI is InChI=1S/C20H24N4O3/c1-20(2)18(26)24(19(27)22-20)10-5-8-17(25)23-11-9-16-14(12-23)13-6-3-4-7-15(13)21-16/h3-4,6-7,21H,5,8-12H2,1-2H3,(H,22,27). The van der Waals surface area contributed by atoms with Gasteiger partial charge in [-0.25, -0.2) is 4.79 Å². The van der Waals surface area contributed by atoms with Crippen molar-refractivity contribution in [1.29, 1.82) is 0 Å². The van der Waals surface area contributed by atoms with Crippen molar-refractivity contribution < 1.29 is 14.4 Å². The molecule has 1 aromatic heterocycles. The molecule has 7 nitrogen and oxygen atoms in total. The predicted octanol–water partition coefficient (Wildman–Crippen LogP) is 2.16. The second-order valence-electron chi connectivity index (χ2n) is 7.81. The van der Waals surface area contributed by atoms with Crippen LogP contribution < -0.4 is 5.32 Å². The number of hydrogen-bond acceptors (Lipinski definition) is 3. The summed E-state index contributed by atoms with van der Waals surface area (Å²) in [5, 5.41) is 3.83. The van der Waals surface area contributed by atoms with E-state index in [1.807, 2.05) is 17.0 Å². The number of para-hydroxylation sites is 1. The average molecular weight is 368 g/mol. The van der Waals surface area contributed by atoms with Gasteiger partial charge in [-0.05, 0) is 26.3 Å². The van der Waals surface area contributed by atoms with Gasteiger partial charge >= 0.3 is 6.03 Å². The largest absolute Gasteiger partial charge is 0.358 e. The molecule has 27 heavy (non-hydrogen) atoms. The molecule has 2 N–H and O–H groups in total. The van der Waals surface area contributed by atoms with Gasteiger partial charge in [0.15, 0.2) is 0 Å². The number of hydrogen-bond donors (Lipinski definition) is 2. The molecule has 142 valence electrons. The minimum atomic E-state index is -0.861. The number of aromatic amines is 1. The van der Waals surface area contributed by atoms with Gasteiger partial charge in [0.1, 0.15) is 5.54 Å². The van der Waals surface area contributed by atoms with Crippen LogP contribution in [0, 0.1) is 0 Å². The van der Waals surface area contributed by atoms with Gasteiger partial charge in [0, 0.05) is 54.6 Å². The van der Waals surface area contributed by atoms with E-state index in [1.165, 1.54) is 21.5 Å². The molecule has 1 fully saturated rings. The molecule has 0 aliphatic carbocycles. The summed E-state index contributed by atoms with van der Waals surface area (Å²) in [5.41, 5.74) is 2.65. The molecular formula is C20H24N4O3. The Bertz CT molecular complexity index is 930. The van der Waals surface area contributed by atoms with Crippen molar-refractivity contribution >= 4 is 28.7 Å². The Hall–Kier alpha value is -2.83. The molecule has 0 saturated carbocycles. The fourth-order valence-corrected chi connectivity index (χ4v) is 3.95. The summed E-state index contributed by atoms with van der Waals surface area (Å²) < 4.78 is 0. The summed E-state index contributed by atoms with van der Waals surface area (Å²) in [5.74, 6) is -0.168. The maximum atomic E-state index is 12.6. The van der Waals surface area contributed by atoms with Crippen molar-refractivity contribution in [3.8, 4) is 0 Å². The Labute approximate surface area is 157 Å². The van der Waals surface area contributed by atoms with Gasteiger partial charge in [0.2, 0.25) is 5.91 Å². The summed E-state index contributed by atoms with van der Waals surface area (Å²) in [6, 6.07) is 7.78. The van der Waals surface area contributed by atoms with Gasteiger partial charge in [0.25, 0.3) is 5.91 Å². The second kappa shape index (κ2) is 6.40. The van der Waals surface area contributed by atoms with E-state index in [0.29, 0.717) is 25.9 Å². The van der Waals surface area contributed by atoms with Crippen LogP contribution in [-0.4, -0.2) is 51.3 Å². The van der Waals surface area contributed by atoms with Crippen molar-refractivity contribution in [3.05, 3.63) is 35.5 Å². The first-order valence-corrected chi connectivity index (χ1v) is 9.37. The van der Waals surface area contributed by atoms with Gasteiger partial charge < -0.3 is 15.2 Å². The second-order valence-corrected chi connectivity index (χ2v) is 7.81. The smallest absolute Gasteiger partial charge is 0.325 e. The highest BCUT2D eigenvalue weighted by Crippen LogP contribution is 2.28. The first-order valence-electron chi connectivity index (χ1n) is 9.37. The van der Waals surface area contributed by atoms with Crippen LogP contribution in [0.25, 0.3) is 10.9 Å². The Morgan fingerprint density at radius 1 is 1.22 bits per heavy atom. The van der Waals surface area contributed by atoms with E-state index in [9.17, 15) is 14.4 Å². The highest BCUT2D eigenvalue weighted by atomic mass is 16.2. The number of benzene rings is 1. The molecule has 2 aliphatic heterocycles. The van der Waals surface area contributed by atoms with Gasteiger partial charge in [-0.3, -0.25) is 14.5 Å². The quantitative estimate of drug-likeness (QED) is 0.811. The molecule has 7 heteroatoms. The Kier molecular flexibility index (Phi) is 4.17. The topological polar surface area (TPSA) is 85.5 Å². The average Bonchev–Trinajstić information content (AvgIpc) is 3.10. The Morgan fingerprint density at radius 3 is 2.74 bits per heavy atom. The summed E-state index contributed by atoms with van der Waals surface area (Å²) >= 11 is 0. The minimum absolute atomic E-state index is 0.0669. The lowest BCUT2D eigenvalue weighted by Gasteiger charge is -2.27. The molecule has 4 rings (SSSR count). The highest BCUT2D eigenvalue weighted by molar-refractivity contribution is 6.06. The van der Waals surface area contributed by atoms with Gasteiger partial charge in [-0.1, -0.05) is 18.2 Å². The lowest BCUT2D eigenvalue weighted by Crippen LogP contribution is -2.40. The lowest BCUT2D eigenvalue weighted by molar-refractivity contribution is -0.133. The minimum Gasteiger partial charge on any atom is -0.358 e. The van der Waals surface area contributed by atoms with Crippen LogP contribution in [0.3, 0.4) is 0 Å². The van der Waals surface area contributed by atoms with Crippen LogP contribution in [0.5, 0.6) is 0 Å². The molecule has 1 saturated heterocycles. The van der Waals surface area contributed by atoms with Gasteiger partial charge in [-0.15, -0.1) is 0 Å². The van der Waals surface area contributed by atoms with Crippen LogP contribution in [0.2, 0.25) is 0 Å². The number of fused-ring (bicyclic) bond motifs is 3. The van der Waals surface area contributed by atoms with E-state index in [4.69, 9.17) is 0 Å². The summed E-state index contributed by atoms with van der Waals surface area (Å²) in [6.07, 6.45) is 1.62. The van der Waals surface area contributed by atoms with Crippen LogP contribution in [-0.2, 0) is 22.6 Å². The molecule has 0 bridgehead atoms. The van der Waals surface area contributed by atoms with Crippen LogP contribution >= 0.6 is 0 Å². The monoisotopic (exact) mass is 368 g/mol. The Balaban J connectivity index is 1.36. The molecule has 2 aromatic rings. The number of carbonyl (C=O) groups excluding carboxylic acids is 3. The highest BCUT2D eigenvalue weighted by Gasteiger charge is 2.43. The fraction of sp³-hybridized carbons (Fsp3) is 0.450. The molecular weight excluding hydrogens is 344 g/mol. The first-order chi connectivity index (χ1) is 12.9. The lowest BCUT2D eigenvalue weighted by atomic mass is 10.0. The number of imide groups is 1. The van der Waals surface area contributed by atoms with Gasteiger partial charge in [0.05, 0.1) is 0 Å². The van der Waals surface area contributed by atoms with Gasteiger partial charge in [-0.2, -0.15) is 0 Å². The van der Waals surface area contributed by atoms with Crippen LogP contribution in [0.15, 0.2) is 24.3 Å². The van der Waals surface area contributed by atoms with E-state index in [0.717, 1.165) is 11.9 Å². The number of amides is 4. The number of aromatic nitrogens is 1. The maximum absolute atomic E-state index is 12.6. The molecule has 3 heterocycles. The van der Waals surface area contributed by atoms with Crippen molar-refractivity contribution in [3.63, 3.8) is 0 Å². The molecule has 0 radical (unpaired) electrons. The zero-order valence-corrected chi connectivity index (χ0v) is 15.7. The zero-order valence-electron chi connectivity index (χ0n) is 15.7. The molecule has 2 aliphatic rings. The third-order valence-corrected chi connectivity index (χ3v) is 5.45.